The van der Waals surface area contributed by atoms with Crippen LogP contribution in [0.1, 0.15) is 25.3 Å². The van der Waals surface area contributed by atoms with Crippen molar-refractivity contribution < 1.29 is 14.6 Å². The average molecular weight is 233 g/mol. The van der Waals surface area contributed by atoms with Gasteiger partial charge in [0.2, 0.25) is 0 Å². The third-order valence-corrected chi connectivity index (χ3v) is 2.46. The number of carbonyl (C=O) groups excluding carboxylic acids is 1. The quantitative estimate of drug-likeness (QED) is 0.786. The number of benzene rings is 1. The van der Waals surface area contributed by atoms with Crippen LogP contribution in [0.2, 0.25) is 0 Å². The van der Waals surface area contributed by atoms with E-state index in [4.69, 9.17) is 10.00 Å². The number of nitrogens with zero attached hydrogens (tertiary/aromatic N) is 1. The van der Waals surface area contributed by atoms with E-state index in [0.717, 1.165) is 0 Å². The summed E-state index contributed by atoms with van der Waals surface area (Å²) in [5.41, 5.74) is -1.28. The van der Waals surface area contributed by atoms with Crippen LogP contribution in [0.4, 0.5) is 0 Å². The summed E-state index contributed by atoms with van der Waals surface area (Å²) in [5.74, 6) is -0.707. The molecule has 1 aromatic carbocycles. The fourth-order valence-corrected chi connectivity index (χ4v) is 1.57. The number of hydrogen-bond donors (Lipinski definition) is 1. The van der Waals surface area contributed by atoms with Crippen molar-refractivity contribution in [1.29, 1.82) is 5.26 Å². The van der Waals surface area contributed by atoms with E-state index in [0.29, 0.717) is 5.56 Å². The molecule has 0 aliphatic heterocycles. The van der Waals surface area contributed by atoms with Crippen molar-refractivity contribution in [2.24, 2.45) is 0 Å². The highest BCUT2D eigenvalue weighted by Gasteiger charge is 2.38. The van der Waals surface area contributed by atoms with E-state index in [1.807, 2.05) is 6.07 Å². The molecule has 0 amide bonds. The Morgan fingerprint density at radius 1 is 1.47 bits per heavy atom. The summed E-state index contributed by atoms with van der Waals surface area (Å²) < 4.78 is 4.86. The molecule has 1 rings (SSSR count). The van der Waals surface area contributed by atoms with Crippen molar-refractivity contribution >= 4 is 5.97 Å². The maximum Gasteiger partial charge on any atom is 0.342 e. The lowest BCUT2D eigenvalue weighted by molar-refractivity contribution is -0.167. The fourth-order valence-electron chi connectivity index (χ4n) is 1.57. The van der Waals surface area contributed by atoms with Gasteiger partial charge >= 0.3 is 5.97 Å². The van der Waals surface area contributed by atoms with E-state index in [9.17, 15) is 9.90 Å². The molecule has 4 nitrogen and oxygen atoms in total. The highest BCUT2D eigenvalue weighted by Crippen LogP contribution is 2.27. The zero-order chi connectivity index (χ0) is 12.7. The van der Waals surface area contributed by atoms with Gasteiger partial charge in [0.15, 0.2) is 5.60 Å². The monoisotopic (exact) mass is 233 g/mol. The summed E-state index contributed by atoms with van der Waals surface area (Å²) >= 11 is 0. The summed E-state index contributed by atoms with van der Waals surface area (Å²) in [4.78, 5) is 11.8. The molecule has 0 unspecified atom stereocenters. The maximum atomic E-state index is 11.8. The van der Waals surface area contributed by atoms with E-state index in [1.54, 1.807) is 37.3 Å². The molecule has 90 valence electrons. The predicted octanol–water partition coefficient (Wildman–Crippen LogP) is 1.74. The third kappa shape index (κ3) is 3.05. The predicted molar refractivity (Wildman–Crippen MR) is 61.8 cm³/mol. The molecule has 1 N–H and O–H groups in total. The number of esters is 1. The highest BCUT2D eigenvalue weighted by atomic mass is 16.5. The second kappa shape index (κ2) is 6.02. The van der Waals surface area contributed by atoms with Crippen molar-refractivity contribution in [2.45, 2.75) is 25.4 Å². The summed E-state index contributed by atoms with van der Waals surface area (Å²) in [5, 5.41) is 19.0. The highest BCUT2D eigenvalue weighted by molar-refractivity contribution is 5.81. The fraction of sp³-hybridized carbons (Fsp3) is 0.385. The third-order valence-electron chi connectivity index (χ3n) is 2.46. The largest absolute Gasteiger partial charge is 0.464 e. The van der Waals surface area contributed by atoms with Gasteiger partial charge in [-0.15, -0.1) is 0 Å². The lowest BCUT2D eigenvalue weighted by Gasteiger charge is -2.25. The first-order valence-corrected chi connectivity index (χ1v) is 5.47. The summed E-state index contributed by atoms with van der Waals surface area (Å²) in [6.45, 7) is 1.87. The normalized spacial score (nSPS) is 13.5. The Morgan fingerprint density at radius 2 is 2.12 bits per heavy atom. The zero-order valence-electron chi connectivity index (χ0n) is 9.72. The molecule has 0 heterocycles. The van der Waals surface area contributed by atoms with Gasteiger partial charge < -0.3 is 9.84 Å². The SMILES string of the molecule is CCOC(=O)[C@](O)(CCC#N)c1ccccc1. The van der Waals surface area contributed by atoms with Crippen LogP contribution in [0, 0.1) is 11.3 Å². The molecule has 17 heavy (non-hydrogen) atoms. The van der Waals surface area contributed by atoms with Gasteiger partial charge in [0.1, 0.15) is 0 Å². The molecule has 0 aliphatic rings. The Morgan fingerprint density at radius 3 is 2.65 bits per heavy atom. The van der Waals surface area contributed by atoms with Crippen LogP contribution in [0.25, 0.3) is 0 Å². The van der Waals surface area contributed by atoms with Crippen LogP contribution in [0.15, 0.2) is 30.3 Å². The molecular weight excluding hydrogens is 218 g/mol. The van der Waals surface area contributed by atoms with Gasteiger partial charge in [-0.25, -0.2) is 4.79 Å². The molecule has 0 radical (unpaired) electrons. The molecule has 1 atom stereocenters. The summed E-state index contributed by atoms with van der Waals surface area (Å²) in [6.07, 6.45) is 0.122. The van der Waals surface area contributed by atoms with Gasteiger partial charge in [0.25, 0.3) is 0 Å². The molecule has 0 fully saturated rings. The van der Waals surface area contributed by atoms with Gasteiger partial charge in [-0.05, 0) is 12.5 Å². The Bertz CT molecular complexity index is 410. The van der Waals surface area contributed by atoms with Crippen molar-refractivity contribution in [3.63, 3.8) is 0 Å². The van der Waals surface area contributed by atoms with E-state index in [2.05, 4.69) is 0 Å². The summed E-state index contributed by atoms with van der Waals surface area (Å²) in [6, 6.07) is 10.5. The first-order valence-electron chi connectivity index (χ1n) is 5.47. The molecule has 0 saturated carbocycles. The van der Waals surface area contributed by atoms with Crippen LogP contribution in [0.3, 0.4) is 0 Å². The van der Waals surface area contributed by atoms with Crippen LogP contribution < -0.4 is 0 Å². The number of hydrogen-bond acceptors (Lipinski definition) is 4. The molecule has 0 aromatic heterocycles. The zero-order valence-corrected chi connectivity index (χ0v) is 9.72. The lowest BCUT2D eigenvalue weighted by atomic mass is 9.89. The Hall–Kier alpha value is -1.86. The second-order valence-corrected chi connectivity index (χ2v) is 3.60. The number of nitriles is 1. The molecule has 1 aromatic rings. The van der Waals surface area contributed by atoms with Gasteiger partial charge in [0.05, 0.1) is 12.7 Å². The Labute approximate surface area is 100 Å². The molecule has 0 saturated heterocycles. The van der Waals surface area contributed by atoms with E-state index >= 15 is 0 Å². The standard InChI is InChI=1S/C13H15NO3/c1-2-17-12(15)13(16,9-6-10-14)11-7-4-3-5-8-11/h3-5,7-8,16H,2,6,9H2,1H3/t13-/m0/s1. The van der Waals surface area contributed by atoms with Crippen molar-refractivity contribution in [3.8, 4) is 6.07 Å². The molecule has 4 heteroatoms. The van der Waals surface area contributed by atoms with Crippen molar-refractivity contribution in [1.82, 2.24) is 0 Å². The van der Waals surface area contributed by atoms with Crippen LogP contribution in [0.5, 0.6) is 0 Å². The Kier molecular flexibility index (Phi) is 4.68. The minimum atomic E-state index is -1.73. The van der Waals surface area contributed by atoms with Gasteiger partial charge in [-0.1, -0.05) is 30.3 Å². The Balaban J connectivity index is 3.02. The van der Waals surface area contributed by atoms with E-state index < -0.39 is 11.6 Å². The molecule has 0 bridgehead atoms. The number of carbonyl (C=O) groups is 1. The van der Waals surface area contributed by atoms with Crippen LogP contribution >= 0.6 is 0 Å². The number of rotatable bonds is 5. The lowest BCUT2D eigenvalue weighted by Crippen LogP contribution is -2.37. The van der Waals surface area contributed by atoms with Gasteiger partial charge in [0, 0.05) is 12.8 Å². The second-order valence-electron chi connectivity index (χ2n) is 3.60. The molecular formula is C13H15NO3. The average Bonchev–Trinajstić information content (AvgIpc) is 2.37. The van der Waals surface area contributed by atoms with Crippen LogP contribution in [-0.2, 0) is 15.1 Å². The first kappa shape index (κ1) is 13.2. The summed E-state index contributed by atoms with van der Waals surface area (Å²) in [7, 11) is 0. The first-order chi connectivity index (χ1) is 8.15. The topological polar surface area (TPSA) is 70.3 Å². The molecule has 0 aliphatic carbocycles. The van der Waals surface area contributed by atoms with E-state index in [-0.39, 0.29) is 19.4 Å². The minimum Gasteiger partial charge on any atom is -0.464 e. The molecule has 0 spiro atoms. The smallest absolute Gasteiger partial charge is 0.342 e. The maximum absolute atomic E-state index is 11.8. The number of aliphatic hydroxyl groups is 1. The van der Waals surface area contributed by atoms with Crippen LogP contribution in [-0.4, -0.2) is 17.7 Å². The van der Waals surface area contributed by atoms with E-state index in [1.165, 1.54) is 0 Å². The van der Waals surface area contributed by atoms with Crippen molar-refractivity contribution in [2.75, 3.05) is 6.61 Å². The van der Waals surface area contributed by atoms with Crippen molar-refractivity contribution in [3.05, 3.63) is 35.9 Å². The van der Waals surface area contributed by atoms with Gasteiger partial charge in [-0.3, -0.25) is 0 Å². The minimum absolute atomic E-state index is 0.0341. The number of ether oxygens (including phenoxy) is 1. The van der Waals surface area contributed by atoms with Gasteiger partial charge in [-0.2, -0.15) is 5.26 Å².